The van der Waals surface area contributed by atoms with Crippen molar-refractivity contribution >= 4 is 11.6 Å². The summed E-state index contributed by atoms with van der Waals surface area (Å²) in [6.07, 6.45) is 7.00. The molecule has 2 saturated carbocycles. The molecule has 0 aromatic carbocycles. The fourth-order valence-electron chi connectivity index (χ4n) is 5.96. The number of Topliss-reactive ketones (excluding diaryl/α,β-unsaturated/α-hetero) is 1. The number of carbonyl (C=O) groups excluding carboxylic acids is 2. The second-order valence-electron chi connectivity index (χ2n) is 9.24. The van der Waals surface area contributed by atoms with Crippen LogP contribution in [0.4, 0.5) is 0 Å². The van der Waals surface area contributed by atoms with Crippen molar-refractivity contribution < 1.29 is 14.7 Å². The first-order valence-corrected chi connectivity index (χ1v) is 9.20. The summed E-state index contributed by atoms with van der Waals surface area (Å²) in [5.74, 6) is -0.300. The van der Waals surface area contributed by atoms with Crippen molar-refractivity contribution in [2.75, 3.05) is 0 Å². The molecule has 3 aliphatic rings. The van der Waals surface area contributed by atoms with E-state index in [0.717, 1.165) is 31.3 Å². The number of carbonyl (C=O) groups is 2. The van der Waals surface area contributed by atoms with E-state index < -0.39 is 17.2 Å². The molecule has 0 radical (unpaired) electrons. The highest BCUT2D eigenvalue weighted by atomic mass is 16.3. The highest BCUT2D eigenvalue weighted by Crippen LogP contribution is 2.62. The molecule has 3 rings (SSSR count). The lowest BCUT2D eigenvalue weighted by Crippen LogP contribution is -2.53. The van der Waals surface area contributed by atoms with E-state index in [1.54, 1.807) is 6.92 Å². The molecule has 0 amide bonds. The summed E-state index contributed by atoms with van der Waals surface area (Å²) in [6, 6.07) is 0. The van der Waals surface area contributed by atoms with Gasteiger partial charge in [-0.1, -0.05) is 39.3 Å². The highest BCUT2D eigenvalue weighted by molar-refractivity contribution is 6.27. The second kappa shape index (κ2) is 5.39. The average Bonchev–Trinajstić information content (AvgIpc) is 2.66. The van der Waals surface area contributed by atoms with Crippen LogP contribution in [0.15, 0.2) is 23.8 Å². The highest BCUT2D eigenvalue weighted by Gasteiger charge is 2.57. The average molecular weight is 330 g/mol. The topological polar surface area (TPSA) is 54.4 Å². The van der Waals surface area contributed by atoms with Crippen LogP contribution in [-0.2, 0) is 9.59 Å². The van der Waals surface area contributed by atoms with Crippen LogP contribution < -0.4 is 0 Å². The molecule has 132 valence electrons. The minimum absolute atomic E-state index is 0.00384. The molecule has 0 aromatic rings. The summed E-state index contributed by atoms with van der Waals surface area (Å²) in [7, 11) is 0. The Labute approximate surface area is 145 Å². The predicted molar refractivity (Wildman–Crippen MR) is 94.4 cm³/mol. The standard InChI is InChI=1S/C21H30O3/c1-13-7-8-16-19(3,4)9-6-10-20(16,5)15(13)12-21(24)17(22)11-14(2)18(21)23/h11,15-16,24H,1,6-10,12H2,2-5H3. The van der Waals surface area contributed by atoms with Gasteiger partial charge in [0.1, 0.15) is 0 Å². The molecule has 0 heterocycles. The van der Waals surface area contributed by atoms with Gasteiger partial charge in [0.2, 0.25) is 0 Å². The molecular formula is C21H30O3. The van der Waals surface area contributed by atoms with Crippen molar-refractivity contribution in [3.05, 3.63) is 23.8 Å². The number of aliphatic hydroxyl groups is 1. The smallest absolute Gasteiger partial charge is 0.198 e. The Morgan fingerprint density at radius 3 is 2.50 bits per heavy atom. The molecule has 4 unspecified atom stereocenters. The van der Waals surface area contributed by atoms with Crippen LogP contribution in [0.1, 0.15) is 66.2 Å². The zero-order chi connectivity index (χ0) is 17.9. The van der Waals surface area contributed by atoms with Gasteiger partial charge in [0.15, 0.2) is 17.2 Å². The maximum Gasteiger partial charge on any atom is 0.198 e. The minimum atomic E-state index is -1.87. The van der Waals surface area contributed by atoms with Gasteiger partial charge in [0, 0.05) is 0 Å². The van der Waals surface area contributed by atoms with Crippen LogP contribution in [0.2, 0.25) is 0 Å². The van der Waals surface area contributed by atoms with Gasteiger partial charge in [-0.2, -0.15) is 0 Å². The number of fused-ring (bicyclic) bond motifs is 1. The molecule has 1 N–H and O–H groups in total. The Balaban J connectivity index is 1.96. The van der Waals surface area contributed by atoms with Crippen LogP contribution in [0.25, 0.3) is 0 Å². The fraction of sp³-hybridized carbons (Fsp3) is 0.714. The lowest BCUT2D eigenvalue weighted by Gasteiger charge is -2.58. The monoisotopic (exact) mass is 330 g/mol. The van der Waals surface area contributed by atoms with Crippen molar-refractivity contribution in [1.82, 2.24) is 0 Å². The third-order valence-electron chi connectivity index (χ3n) is 7.31. The van der Waals surface area contributed by atoms with Gasteiger partial charge in [-0.15, -0.1) is 0 Å². The Bertz CT molecular complexity index is 641. The summed E-state index contributed by atoms with van der Waals surface area (Å²) in [5.41, 5.74) is -0.139. The van der Waals surface area contributed by atoms with E-state index in [0.29, 0.717) is 11.5 Å². The molecule has 3 heteroatoms. The van der Waals surface area contributed by atoms with Gasteiger partial charge in [-0.3, -0.25) is 9.59 Å². The number of allylic oxidation sites excluding steroid dienone is 1. The molecule has 4 atom stereocenters. The molecule has 0 spiro atoms. The second-order valence-corrected chi connectivity index (χ2v) is 9.24. The van der Waals surface area contributed by atoms with E-state index in [1.165, 1.54) is 12.5 Å². The summed E-state index contributed by atoms with van der Waals surface area (Å²) < 4.78 is 0. The molecule has 0 saturated heterocycles. The number of rotatable bonds is 2. The third-order valence-corrected chi connectivity index (χ3v) is 7.31. The van der Waals surface area contributed by atoms with Gasteiger partial charge in [0.05, 0.1) is 0 Å². The zero-order valence-corrected chi connectivity index (χ0v) is 15.4. The van der Waals surface area contributed by atoms with Crippen LogP contribution in [0.3, 0.4) is 0 Å². The number of hydrogen-bond donors (Lipinski definition) is 1. The predicted octanol–water partition coefficient (Wildman–Crippen LogP) is 4.00. The van der Waals surface area contributed by atoms with Gasteiger partial charge in [-0.05, 0) is 73.3 Å². The largest absolute Gasteiger partial charge is 0.374 e. The number of hydrogen-bond acceptors (Lipinski definition) is 3. The van der Waals surface area contributed by atoms with Crippen molar-refractivity contribution in [3.63, 3.8) is 0 Å². The van der Waals surface area contributed by atoms with Gasteiger partial charge in [-0.25, -0.2) is 0 Å². The molecule has 2 fully saturated rings. The van der Waals surface area contributed by atoms with E-state index in [9.17, 15) is 14.7 Å². The van der Waals surface area contributed by atoms with E-state index >= 15 is 0 Å². The van der Waals surface area contributed by atoms with Crippen molar-refractivity contribution in [2.45, 2.75) is 71.8 Å². The summed E-state index contributed by atoms with van der Waals surface area (Å²) in [6.45, 7) is 12.9. The van der Waals surface area contributed by atoms with Gasteiger partial charge >= 0.3 is 0 Å². The van der Waals surface area contributed by atoms with E-state index in [4.69, 9.17) is 0 Å². The molecule has 0 aliphatic heterocycles. The number of ketones is 2. The Morgan fingerprint density at radius 1 is 1.25 bits per heavy atom. The van der Waals surface area contributed by atoms with Crippen LogP contribution in [0.5, 0.6) is 0 Å². The molecule has 0 bridgehead atoms. The third kappa shape index (κ3) is 2.35. The summed E-state index contributed by atoms with van der Waals surface area (Å²) >= 11 is 0. The Kier molecular flexibility index (Phi) is 3.95. The maximum atomic E-state index is 12.4. The summed E-state index contributed by atoms with van der Waals surface area (Å²) in [4.78, 5) is 24.8. The molecule has 3 nitrogen and oxygen atoms in total. The minimum Gasteiger partial charge on any atom is -0.374 e. The van der Waals surface area contributed by atoms with E-state index in [-0.39, 0.29) is 23.2 Å². The quantitative estimate of drug-likeness (QED) is 0.615. The fourth-order valence-corrected chi connectivity index (χ4v) is 5.96. The first-order chi connectivity index (χ1) is 11.0. The first-order valence-electron chi connectivity index (χ1n) is 9.20. The lowest BCUT2D eigenvalue weighted by atomic mass is 9.46. The zero-order valence-electron chi connectivity index (χ0n) is 15.4. The van der Waals surface area contributed by atoms with E-state index in [2.05, 4.69) is 27.4 Å². The van der Waals surface area contributed by atoms with E-state index in [1.807, 2.05) is 0 Å². The molecule has 24 heavy (non-hydrogen) atoms. The SMILES string of the molecule is C=C1CCC2C(C)(C)CCCC2(C)C1CC1(O)C(=O)C=C(C)C1=O. The van der Waals surface area contributed by atoms with Gasteiger partial charge < -0.3 is 5.11 Å². The van der Waals surface area contributed by atoms with Crippen molar-refractivity contribution in [1.29, 1.82) is 0 Å². The summed E-state index contributed by atoms with van der Waals surface area (Å²) in [5, 5.41) is 10.9. The normalized spacial score (nSPS) is 42.0. The maximum absolute atomic E-state index is 12.4. The lowest BCUT2D eigenvalue weighted by molar-refractivity contribution is -0.148. The molecular weight excluding hydrogens is 300 g/mol. The van der Waals surface area contributed by atoms with Crippen LogP contribution in [-0.4, -0.2) is 22.3 Å². The molecule has 3 aliphatic carbocycles. The van der Waals surface area contributed by atoms with Crippen LogP contribution in [0, 0.1) is 22.7 Å². The Morgan fingerprint density at radius 2 is 1.92 bits per heavy atom. The van der Waals surface area contributed by atoms with Crippen LogP contribution >= 0.6 is 0 Å². The van der Waals surface area contributed by atoms with Crippen molar-refractivity contribution in [3.8, 4) is 0 Å². The van der Waals surface area contributed by atoms with Crippen molar-refractivity contribution in [2.24, 2.45) is 22.7 Å². The van der Waals surface area contributed by atoms with Gasteiger partial charge in [0.25, 0.3) is 0 Å². The Hall–Kier alpha value is -1.22. The first kappa shape index (κ1) is 17.6. The molecule has 0 aromatic heterocycles.